The van der Waals surface area contributed by atoms with E-state index in [1.54, 1.807) is 0 Å². The van der Waals surface area contributed by atoms with Gasteiger partial charge in [0, 0.05) is 20.6 Å². The van der Waals surface area contributed by atoms with E-state index in [-0.39, 0.29) is 12.3 Å². The van der Waals surface area contributed by atoms with E-state index in [0.717, 1.165) is 0 Å². The first kappa shape index (κ1) is 15.1. The summed E-state index contributed by atoms with van der Waals surface area (Å²) >= 11 is 3.23. The molecule has 7 nitrogen and oxygen atoms in total. The second-order valence-electron chi connectivity index (χ2n) is 3.58. The van der Waals surface area contributed by atoms with Crippen molar-refractivity contribution < 1.29 is 13.2 Å². The number of anilines is 1. The van der Waals surface area contributed by atoms with Crippen molar-refractivity contribution in [3.63, 3.8) is 0 Å². The van der Waals surface area contributed by atoms with Gasteiger partial charge < -0.3 is 10.1 Å². The third kappa shape index (κ3) is 4.07. The molecule has 0 unspecified atom stereocenters. The maximum absolute atomic E-state index is 11.5. The number of aromatic nitrogens is 2. The lowest BCUT2D eigenvalue weighted by atomic mass is 10.6. The Kier molecular flexibility index (Phi) is 5.29. The Bertz CT molecular complexity index is 507. The summed E-state index contributed by atoms with van der Waals surface area (Å²) in [6.07, 6.45) is 1.54. The van der Waals surface area contributed by atoms with Gasteiger partial charge in [0.25, 0.3) is 0 Å². The maximum Gasteiger partial charge on any atom is 0.232 e. The van der Waals surface area contributed by atoms with Crippen LogP contribution >= 0.6 is 15.9 Å². The van der Waals surface area contributed by atoms with Crippen molar-refractivity contribution in [2.24, 2.45) is 0 Å². The standard InChI is InChI=1S/C9H15BrN4O3S/c1-14(2)18(15,16)5-4-11-9-12-6-7(10)8(13-9)17-3/h6H,4-5H2,1-3H3,(H,11,12,13). The van der Waals surface area contributed by atoms with E-state index in [0.29, 0.717) is 16.3 Å². The summed E-state index contributed by atoms with van der Waals surface area (Å²) in [6, 6.07) is 0. The molecule has 1 aromatic rings. The lowest BCUT2D eigenvalue weighted by molar-refractivity contribution is 0.394. The first-order valence-electron chi connectivity index (χ1n) is 5.07. The molecule has 1 N–H and O–H groups in total. The first-order chi connectivity index (χ1) is 8.36. The van der Waals surface area contributed by atoms with Gasteiger partial charge in [-0.1, -0.05) is 0 Å². The Hall–Kier alpha value is -0.930. The minimum atomic E-state index is -3.22. The number of hydrogen-bond donors (Lipinski definition) is 1. The second-order valence-corrected chi connectivity index (χ2v) is 6.73. The van der Waals surface area contributed by atoms with Crippen molar-refractivity contribution in [3.05, 3.63) is 10.7 Å². The molecule has 0 spiro atoms. The fourth-order valence-corrected chi connectivity index (χ4v) is 2.13. The molecule has 0 aromatic carbocycles. The van der Waals surface area contributed by atoms with Gasteiger partial charge in [-0.15, -0.1) is 0 Å². The molecule has 0 amide bonds. The second kappa shape index (κ2) is 6.30. The normalized spacial score (nSPS) is 11.6. The van der Waals surface area contributed by atoms with Gasteiger partial charge >= 0.3 is 0 Å². The predicted octanol–water partition coefficient (Wildman–Crippen LogP) is 0.551. The van der Waals surface area contributed by atoms with Crippen LogP contribution in [0.4, 0.5) is 5.95 Å². The van der Waals surface area contributed by atoms with E-state index in [9.17, 15) is 8.42 Å². The van der Waals surface area contributed by atoms with Crippen LogP contribution in [0.5, 0.6) is 5.88 Å². The van der Waals surface area contributed by atoms with E-state index < -0.39 is 10.0 Å². The number of nitrogens with zero attached hydrogens (tertiary/aromatic N) is 3. The predicted molar refractivity (Wildman–Crippen MR) is 72.2 cm³/mol. The summed E-state index contributed by atoms with van der Waals surface area (Å²) in [4.78, 5) is 8.05. The SMILES string of the molecule is COc1nc(NCCS(=O)(=O)N(C)C)ncc1Br. The van der Waals surface area contributed by atoms with Gasteiger partial charge in [0.2, 0.25) is 21.9 Å². The van der Waals surface area contributed by atoms with Gasteiger partial charge in [0.15, 0.2) is 0 Å². The average molecular weight is 339 g/mol. The molecule has 0 radical (unpaired) electrons. The summed E-state index contributed by atoms with van der Waals surface area (Å²) in [5, 5.41) is 2.83. The van der Waals surface area contributed by atoms with E-state index in [1.807, 2.05) is 0 Å². The highest BCUT2D eigenvalue weighted by Crippen LogP contribution is 2.21. The quantitative estimate of drug-likeness (QED) is 0.815. The smallest absolute Gasteiger partial charge is 0.232 e. The average Bonchev–Trinajstić information content (AvgIpc) is 2.31. The summed E-state index contributed by atoms with van der Waals surface area (Å²) < 4.78 is 29.8. The van der Waals surface area contributed by atoms with Crippen LogP contribution < -0.4 is 10.1 Å². The number of rotatable bonds is 6. The molecule has 1 aromatic heterocycles. The van der Waals surface area contributed by atoms with Crippen LogP contribution in [0.1, 0.15) is 0 Å². The van der Waals surface area contributed by atoms with Crippen molar-refractivity contribution >= 4 is 31.9 Å². The topological polar surface area (TPSA) is 84.4 Å². The van der Waals surface area contributed by atoms with Crippen LogP contribution in [-0.2, 0) is 10.0 Å². The minimum absolute atomic E-state index is 0.0261. The molecule has 102 valence electrons. The number of methoxy groups -OCH3 is 1. The molecular formula is C9H15BrN4O3S. The van der Waals surface area contributed by atoms with Crippen LogP contribution in [-0.4, -0.2) is 56.2 Å². The Labute approximate surface area is 115 Å². The van der Waals surface area contributed by atoms with Gasteiger partial charge in [0.05, 0.1) is 23.5 Å². The van der Waals surface area contributed by atoms with E-state index in [4.69, 9.17) is 4.74 Å². The highest BCUT2D eigenvalue weighted by atomic mass is 79.9. The molecule has 0 saturated heterocycles. The van der Waals surface area contributed by atoms with Crippen LogP contribution in [0.25, 0.3) is 0 Å². The molecule has 0 aliphatic rings. The fourth-order valence-electron chi connectivity index (χ4n) is 1.05. The molecule has 0 atom stereocenters. The minimum Gasteiger partial charge on any atom is -0.480 e. The summed E-state index contributed by atoms with van der Waals surface area (Å²) in [5.41, 5.74) is 0. The molecule has 9 heteroatoms. The first-order valence-corrected chi connectivity index (χ1v) is 7.47. The van der Waals surface area contributed by atoms with Gasteiger partial charge in [-0.2, -0.15) is 4.98 Å². The van der Waals surface area contributed by atoms with Crippen LogP contribution in [0, 0.1) is 0 Å². The largest absolute Gasteiger partial charge is 0.480 e. The third-order valence-corrected chi connectivity index (χ3v) is 4.48. The third-order valence-electron chi connectivity index (χ3n) is 2.10. The zero-order valence-corrected chi connectivity index (χ0v) is 12.7. The molecule has 1 rings (SSSR count). The van der Waals surface area contributed by atoms with Crippen LogP contribution in [0.3, 0.4) is 0 Å². The Morgan fingerprint density at radius 2 is 2.17 bits per heavy atom. The summed E-state index contributed by atoms with van der Waals surface area (Å²) in [6.45, 7) is 0.227. The van der Waals surface area contributed by atoms with Gasteiger partial charge in [-0.25, -0.2) is 17.7 Å². The fraction of sp³-hybridized carbons (Fsp3) is 0.556. The highest BCUT2D eigenvalue weighted by molar-refractivity contribution is 9.10. The molecule has 0 bridgehead atoms. The van der Waals surface area contributed by atoms with E-state index in [1.165, 1.54) is 31.7 Å². The van der Waals surface area contributed by atoms with Crippen molar-refractivity contribution in [2.45, 2.75) is 0 Å². The van der Waals surface area contributed by atoms with Crippen molar-refractivity contribution in [2.75, 3.05) is 38.8 Å². The Morgan fingerprint density at radius 3 is 2.72 bits per heavy atom. The van der Waals surface area contributed by atoms with Crippen LogP contribution in [0.15, 0.2) is 10.7 Å². The molecule has 0 saturated carbocycles. The van der Waals surface area contributed by atoms with Gasteiger partial charge in [0.1, 0.15) is 0 Å². The molecule has 18 heavy (non-hydrogen) atoms. The van der Waals surface area contributed by atoms with Crippen molar-refractivity contribution in [1.82, 2.24) is 14.3 Å². The number of sulfonamides is 1. The molecule has 0 aliphatic carbocycles. The molecule has 0 aliphatic heterocycles. The zero-order chi connectivity index (χ0) is 13.8. The zero-order valence-electron chi connectivity index (χ0n) is 10.3. The van der Waals surface area contributed by atoms with Crippen molar-refractivity contribution in [3.8, 4) is 5.88 Å². The lowest BCUT2D eigenvalue weighted by Crippen LogP contribution is -2.28. The summed E-state index contributed by atoms with van der Waals surface area (Å²) in [7, 11) is 1.27. The highest BCUT2D eigenvalue weighted by Gasteiger charge is 2.13. The Balaban J connectivity index is 2.60. The van der Waals surface area contributed by atoms with E-state index in [2.05, 4.69) is 31.2 Å². The van der Waals surface area contributed by atoms with Crippen LogP contribution in [0.2, 0.25) is 0 Å². The van der Waals surface area contributed by atoms with Gasteiger partial charge in [-0.3, -0.25) is 0 Å². The molecule has 0 fully saturated rings. The number of ether oxygens (including phenoxy) is 1. The number of nitrogens with one attached hydrogen (secondary N) is 1. The monoisotopic (exact) mass is 338 g/mol. The van der Waals surface area contributed by atoms with E-state index >= 15 is 0 Å². The molecular weight excluding hydrogens is 324 g/mol. The summed E-state index contributed by atoms with van der Waals surface area (Å²) in [5.74, 6) is 0.689. The Morgan fingerprint density at radius 1 is 1.50 bits per heavy atom. The lowest BCUT2D eigenvalue weighted by Gasteiger charge is -2.11. The maximum atomic E-state index is 11.5. The number of halogens is 1. The number of hydrogen-bond acceptors (Lipinski definition) is 6. The van der Waals surface area contributed by atoms with Gasteiger partial charge in [-0.05, 0) is 15.9 Å². The molecule has 1 heterocycles. The van der Waals surface area contributed by atoms with Crippen molar-refractivity contribution in [1.29, 1.82) is 0 Å².